The number of ether oxygens (including phenoxy) is 1. The molecule has 3 heteroatoms. The van der Waals surface area contributed by atoms with E-state index in [-0.39, 0.29) is 5.97 Å². The van der Waals surface area contributed by atoms with E-state index in [0.717, 1.165) is 13.1 Å². The van der Waals surface area contributed by atoms with Gasteiger partial charge in [0.1, 0.15) is 0 Å². The highest BCUT2D eigenvalue weighted by atomic mass is 16.5. The number of carbonyl (C=O) groups is 1. The second kappa shape index (κ2) is 6.71. The number of carbonyl (C=O) groups excluding carboxylic acids is 1. The van der Waals surface area contributed by atoms with Crippen molar-refractivity contribution in [3.8, 4) is 0 Å². The summed E-state index contributed by atoms with van der Waals surface area (Å²) in [5.41, 5.74) is 2.62. The fourth-order valence-electron chi connectivity index (χ4n) is 2.34. The van der Waals surface area contributed by atoms with Crippen LogP contribution in [-0.4, -0.2) is 30.1 Å². The van der Waals surface area contributed by atoms with Crippen LogP contribution in [0.1, 0.15) is 37.3 Å². The van der Waals surface area contributed by atoms with Gasteiger partial charge < -0.3 is 4.74 Å². The van der Waals surface area contributed by atoms with Crippen molar-refractivity contribution < 1.29 is 9.53 Å². The molecule has 19 heavy (non-hydrogen) atoms. The first kappa shape index (κ1) is 14.1. The SMILES string of the molecule is CCOC(=O)CCN(Cc1cccc(C)c1)C1CC1. The van der Waals surface area contributed by atoms with Gasteiger partial charge in [-0.3, -0.25) is 9.69 Å². The zero-order chi connectivity index (χ0) is 13.7. The van der Waals surface area contributed by atoms with Gasteiger partial charge in [-0.2, -0.15) is 0 Å². The first-order chi connectivity index (χ1) is 9.19. The third-order valence-electron chi connectivity index (χ3n) is 3.44. The number of esters is 1. The van der Waals surface area contributed by atoms with E-state index >= 15 is 0 Å². The highest BCUT2D eigenvalue weighted by molar-refractivity contribution is 5.69. The van der Waals surface area contributed by atoms with Gasteiger partial charge >= 0.3 is 5.97 Å². The minimum atomic E-state index is -0.0857. The number of aryl methyl sites for hydroxylation is 1. The summed E-state index contributed by atoms with van der Waals surface area (Å²) in [5.74, 6) is -0.0857. The highest BCUT2D eigenvalue weighted by Gasteiger charge is 2.29. The molecule has 1 aliphatic rings. The monoisotopic (exact) mass is 261 g/mol. The Balaban J connectivity index is 1.88. The molecule has 104 valence electrons. The molecule has 1 aliphatic carbocycles. The van der Waals surface area contributed by atoms with E-state index in [0.29, 0.717) is 19.1 Å². The molecule has 2 rings (SSSR count). The van der Waals surface area contributed by atoms with Gasteiger partial charge in [0, 0.05) is 19.1 Å². The summed E-state index contributed by atoms with van der Waals surface area (Å²) in [6.45, 7) is 6.18. The summed E-state index contributed by atoms with van der Waals surface area (Å²) in [6.07, 6.45) is 3.01. The van der Waals surface area contributed by atoms with Crippen LogP contribution < -0.4 is 0 Å². The van der Waals surface area contributed by atoms with Crippen LogP contribution in [0.2, 0.25) is 0 Å². The zero-order valence-corrected chi connectivity index (χ0v) is 11.9. The molecule has 0 N–H and O–H groups in total. The quantitative estimate of drug-likeness (QED) is 0.707. The topological polar surface area (TPSA) is 29.5 Å². The molecule has 1 aromatic rings. The lowest BCUT2D eigenvalue weighted by molar-refractivity contribution is -0.143. The van der Waals surface area contributed by atoms with Gasteiger partial charge in [0.2, 0.25) is 0 Å². The van der Waals surface area contributed by atoms with Crippen molar-refractivity contribution in [2.75, 3.05) is 13.2 Å². The Bertz CT molecular complexity index is 427. The molecule has 0 amide bonds. The Hall–Kier alpha value is -1.35. The van der Waals surface area contributed by atoms with Crippen molar-refractivity contribution in [2.45, 2.75) is 45.7 Å². The van der Waals surface area contributed by atoms with E-state index in [1.165, 1.54) is 24.0 Å². The molecule has 0 heterocycles. The molecule has 0 bridgehead atoms. The summed E-state index contributed by atoms with van der Waals surface area (Å²) in [6, 6.07) is 9.26. The molecule has 0 radical (unpaired) electrons. The maximum Gasteiger partial charge on any atom is 0.307 e. The minimum Gasteiger partial charge on any atom is -0.466 e. The molecule has 3 nitrogen and oxygen atoms in total. The first-order valence-electron chi connectivity index (χ1n) is 7.14. The van der Waals surface area contributed by atoms with Crippen molar-refractivity contribution in [1.29, 1.82) is 0 Å². The zero-order valence-electron chi connectivity index (χ0n) is 11.9. The number of hydrogen-bond acceptors (Lipinski definition) is 3. The van der Waals surface area contributed by atoms with Crippen LogP contribution in [0.4, 0.5) is 0 Å². The lowest BCUT2D eigenvalue weighted by Crippen LogP contribution is -2.28. The van der Waals surface area contributed by atoms with Crippen molar-refractivity contribution in [3.05, 3.63) is 35.4 Å². The standard InChI is InChI=1S/C16H23NO2/c1-3-19-16(18)9-10-17(15-7-8-15)12-14-6-4-5-13(2)11-14/h4-6,11,15H,3,7-10,12H2,1-2H3. The fourth-order valence-corrected chi connectivity index (χ4v) is 2.34. The average Bonchev–Trinajstić information content (AvgIpc) is 3.19. The van der Waals surface area contributed by atoms with Gasteiger partial charge in [-0.05, 0) is 32.3 Å². The fraction of sp³-hybridized carbons (Fsp3) is 0.562. The van der Waals surface area contributed by atoms with Crippen molar-refractivity contribution >= 4 is 5.97 Å². The van der Waals surface area contributed by atoms with Gasteiger partial charge in [-0.25, -0.2) is 0 Å². The van der Waals surface area contributed by atoms with Crippen LogP contribution in [-0.2, 0) is 16.1 Å². The molecular formula is C16H23NO2. The first-order valence-corrected chi connectivity index (χ1v) is 7.14. The Morgan fingerprint density at radius 1 is 1.42 bits per heavy atom. The summed E-state index contributed by atoms with van der Waals surface area (Å²) in [7, 11) is 0. The summed E-state index contributed by atoms with van der Waals surface area (Å²) >= 11 is 0. The number of nitrogens with zero attached hydrogens (tertiary/aromatic N) is 1. The maximum absolute atomic E-state index is 11.4. The Kier molecular flexibility index (Phi) is 4.97. The second-order valence-electron chi connectivity index (χ2n) is 5.25. The van der Waals surface area contributed by atoms with E-state index in [9.17, 15) is 4.79 Å². The van der Waals surface area contributed by atoms with Gasteiger partial charge in [-0.1, -0.05) is 29.8 Å². The molecule has 0 atom stereocenters. The van der Waals surface area contributed by atoms with Crippen LogP contribution in [0.15, 0.2) is 24.3 Å². The predicted molar refractivity (Wildman–Crippen MR) is 75.9 cm³/mol. The van der Waals surface area contributed by atoms with E-state index in [4.69, 9.17) is 4.74 Å². The lowest BCUT2D eigenvalue weighted by atomic mass is 10.1. The maximum atomic E-state index is 11.4. The summed E-state index contributed by atoms with van der Waals surface area (Å²) in [4.78, 5) is 13.9. The van der Waals surface area contributed by atoms with Crippen LogP contribution in [0.3, 0.4) is 0 Å². The normalized spacial score (nSPS) is 14.7. The number of hydrogen-bond donors (Lipinski definition) is 0. The number of rotatable bonds is 7. The Morgan fingerprint density at radius 2 is 2.21 bits per heavy atom. The van der Waals surface area contributed by atoms with Gasteiger partial charge in [0.25, 0.3) is 0 Å². The van der Waals surface area contributed by atoms with Crippen molar-refractivity contribution in [3.63, 3.8) is 0 Å². The minimum absolute atomic E-state index is 0.0857. The van der Waals surface area contributed by atoms with Crippen molar-refractivity contribution in [2.24, 2.45) is 0 Å². The average molecular weight is 261 g/mol. The molecular weight excluding hydrogens is 238 g/mol. The third-order valence-corrected chi connectivity index (χ3v) is 3.44. The van der Waals surface area contributed by atoms with Crippen LogP contribution >= 0.6 is 0 Å². The van der Waals surface area contributed by atoms with Gasteiger partial charge in [0.15, 0.2) is 0 Å². The van der Waals surface area contributed by atoms with Gasteiger partial charge in [-0.15, -0.1) is 0 Å². The molecule has 0 saturated heterocycles. The smallest absolute Gasteiger partial charge is 0.307 e. The second-order valence-corrected chi connectivity index (χ2v) is 5.25. The van der Waals surface area contributed by atoms with Crippen molar-refractivity contribution in [1.82, 2.24) is 4.90 Å². The van der Waals surface area contributed by atoms with E-state index in [1.54, 1.807) is 0 Å². The number of benzene rings is 1. The molecule has 0 spiro atoms. The highest BCUT2D eigenvalue weighted by Crippen LogP contribution is 2.28. The molecule has 0 aromatic heterocycles. The largest absolute Gasteiger partial charge is 0.466 e. The van der Waals surface area contributed by atoms with E-state index in [1.807, 2.05) is 6.92 Å². The van der Waals surface area contributed by atoms with Gasteiger partial charge in [0.05, 0.1) is 13.0 Å². The third kappa shape index (κ3) is 4.67. The Morgan fingerprint density at radius 3 is 2.84 bits per heavy atom. The van der Waals surface area contributed by atoms with E-state index in [2.05, 4.69) is 36.1 Å². The predicted octanol–water partition coefficient (Wildman–Crippen LogP) is 2.91. The van der Waals surface area contributed by atoms with Crippen LogP contribution in [0, 0.1) is 6.92 Å². The van der Waals surface area contributed by atoms with Crippen LogP contribution in [0.25, 0.3) is 0 Å². The lowest BCUT2D eigenvalue weighted by Gasteiger charge is -2.21. The van der Waals surface area contributed by atoms with Crippen LogP contribution in [0.5, 0.6) is 0 Å². The molecule has 0 aliphatic heterocycles. The Labute approximate surface area is 115 Å². The molecule has 1 fully saturated rings. The van der Waals surface area contributed by atoms with E-state index < -0.39 is 0 Å². The molecule has 1 saturated carbocycles. The summed E-state index contributed by atoms with van der Waals surface area (Å²) in [5, 5.41) is 0. The molecule has 0 unspecified atom stereocenters. The summed E-state index contributed by atoms with van der Waals surface area (Å²) < 4.78 is 5.00. The molecule has 1 aromatic carbocycles.